The molecule has 0 radical (unpaired) electrons. The molecule has 0 aliphatic heterocycles. The first kappa shape index (κ1) is 14.5. The minimum atomic E-state index is -0.0505. The number of nitrogens with one attached hydrogen (secondary N) is 1. The molecular formula is C18H23N3O2. The maximum Gasteiger partial charge on any atom is 0.328 e. The molecule has 2 aromatic rings. The van der Waals surface area contributed by atoms with Gasteiger partial charge in [0.15, 0.2) is 0 Å². The highest BCUT2D eigenvalue weighted by atomic mass is 16.2. The predicted molar refractivity (Wildman–Crippen MR) is 90.3 cm³/mol. The van der Waals surface area contributed by atoms with E-state index in [0.717, 1.165) is 28.6 Å². The molecule has 4 rings (SSSR count). The Labute approximate surface area is 135 Å². The van der Waals surface area contributed by atoms with Gasteiger partial charge in [0, 0.05) is 26.2 Å². The summed E-state index contributed by atoms with van der Waals surface area (Å²) in [6.07, 6.45) is 5.86. The lowest BCUT2D eigenvalue weighted by molar-refractivity contribution is -0.117. The molecule has 2 aliphatic carbocycles. The zero-order valence-electron chi connectivity index (χ0n) is 13.7. The summed E-state index contributed by atoms with van der Waals surface area (Å²) in [7, 11) is 3.52. The molecule has 1 heterocycles. The molecule has 1 N–H and O–H groups in total. The number of nitrogens with zero attached hydrogens (tertiary/aromatic N) is 2. The van der Waals surface area contributed by atoms with Crippen LogP contribution in [0, 0.1) is 17.8 Å². The number of rotatable bonds is 3. The van der Waals surface area contributed by atoms with Gasteiger partial charge in [0.25, 0.3) is 0 Å². The van der Waals surface area contributed by atoms with Crippen LogP contribution in [0.3, 0.4) is 0 Å². The van der Waals surface area contributed by atoms with Crippen LogP contribution in [-0.4, -0.2) is 15.0 Å². The fourth-order valence-electron chi connectivity index (χ4n) is 4.66. The van der Waals surface area contributed by atoms with E-state index in [1.54, 1.807) is 23.2 Å². The van der Waals surface area contributed by atoms with E-state index in [1.807, 2.05) is 18.2 Å². The number of imidazole rings is 1. The van der Waals surface area contributed by atoms with E-state index >= 15 is 0 Å². The summed E-state index contributed by atoms with van der Waals surface area (Å²) in [4.78, 5) is 24.3. The zero-order valence-corrected chi connectivity index (χ0v) is 13.7. The third kappa shape index (κ3) is 2.38. The van der Waals surface area contributed by atoms with E-state index in [-0.39, 0.29) is 11.6 Å². The maximum absolute atomic E-state index is 12.4. The smallest absolute Gasteiger partial charge is 0.326 e. The summed E-state index contributed by atoms with van der Waals surface area (Å²) in [5.41, 5.74) is 2.44. The first-order valence-corrected chi connectivity index (χ1v) is 8.48. The third-order valence-electron chi connectivity index (χ3n) is 5.89. The number of anilines is 1. The minimum Gasteiger partial charge on any atom is -0.326 e. The lowest BCUT2D eigenvalue weighted by Crippen LogP contribution is -2.20. The Morgan fingerprint density at radius 1 is 1.17 bits per heavy atom. The molecule has 2 aliphatic rings. The Balaban J connectivity index is 1.50. The summed E-state index contributed by atoms with van der Waals surface area (Å²) < 4.78 is 3.23. The molecule has 0 spiro atoms. The minimum absolute atomic E-state index is 0.0505. The van der Waals surface area contributed by atoms with Crippen molar-refractivity contribution in [3.8, 4) is 0 Å². The van der Waals surface area contributed by atoms with E-state index in [1.165, 1.54) is 25.7 Å². The van der Waals surface area contributed by atoms with Gasteiger partial charge in [-0.3, -0.25) is 13.9 Å². The molecule has 122 valence electrons. The topological polar surface area (TPSA) is 56.0 Å². The first-order chi connectivity index (χ1) is 11.0. The van der Waals surface area contributed by atoms with Crippen molar-refractivity contribution < 1.29 is 4.79 Å². The molecule has 2 fully saturated rings. The standard InChI is InChI=1S/C18H23N3O2/c1-20-15-6-5-14(10-16(15)21(2)18(20)23)19-17(22)9-13-8-11-3-4-12(13)7-11/h5-6,10-13H,3-4,7-9H2,1-2H3,(H,19,22)/t11-,12-,13+/m0/s1. The lowest BCUT2D eigenvalue weighted by atomic mass is 9.86. The Bertz CT molecular complexity index is 833. The van der Waals surface area contributed by atoms with Crippen molar-refractivity contribution in [3.05, 3.63) is 28.7 Å². The van der Waals surface area contributed by atoms with Crippen LogP contribution in [0.25, 0.3) is 11.0 Å². The fourth-order valence-corrected chi connectivity index (χ4v) is 4.66. The van der Waals surface area contributed by atoms with Crippen molar-refractivity contribution in [2.45, 2.75) is 32.1 Å². The molecule has 2 saturated carbocycles. The summed E-state index contributed by atoms with van der Waals surface area (Å²) in [6.45, 7) is 0. The molecular weight excluding hydrogens is 290 g/mol. The molecule has 3 atom stereocenters. The normalized spacial score (nSPS) is 26.1. The van der Waals surface area contributed by atoms with Gasteiger partial charge in [-0.25, -0.2) is 4.79 Å². The van der Waals surface area contributed by atoms with Crippen LogP contribution in [0.4, 0.5) is 5.69 Å². The van der Waals surface area contributed by atoms with Crippen molar-refractivity contribution in [2.75, 3.05) is 5.32 Å². The van der Waals surface area contributed by atoms with Crippen molar-refractivity contribution in [2.24, 2.45) is 31.8 Å². The predicted octanol–water partition coefficient (Wildman–Crippen LogP) is 2.64. The highest BCUT2D eigenvalue weighted by Crippen LogP contribution is 2.49. The van der Waals surface area contributed by atoms with Gasteiger partial charge in [0.1, 0.15) is 0 Å². The number of carbonyl (C=O) groups excluding carboxylic acids is 1. The largest absolute Gasteiger partial charge is 0.328 e. The van der Waals surface area contributed by atoms with Crippen molar-refractivity contribution >= 4 is 22.6 Å². The quantitative estimate of drug-likeness (QED) is 0.947. The average Bonchev–Trinajstić information content (AvgIpc) is 3.19. The Morgan fingerprint density at radius 3 is 2.65 bits per heavy atom. The summed E-state index contributed by atoms with van der Waals surface area (Å²) in [5, 5.41) is 3.01. The SMILES string of the molecule is Cn1c(=O)n(C)c2cc(NC(=O)C[C@H]3C[C@H]4CC[C@H]3C4)ccc21. The highest BCUT2D eigenvalue weighted by molar-refractivity contribution is 5.93. The lowest BCUT2D eigenvalue weighted by Gasteiger charge is -2.20. The summed E-state index contributed by atoms with van der Waals surface area (Å²) in [5.74, 6) is 2.30. The Kier molecular flexibility index (Phi) is 3.32. The third-order valence-corrected chi connectivity index (χ3v) is 5.89. The Hall–Kier alpha value is -2.04. The maximum atomic E-state index is 12.4. The number of carbonyl (C=O) groups is 1. The van der Waals surface area contributed by atoms with E-state index in [0.29, 0.717) is 12.3 Å². The molecule has 23 heavy (non-hydrogen) atoms. The average molecular weight is 313 g/mol. The van der Waals surface area contributed by atoms with Crippen LogP contribution in [0.1, 0.15) is 32.1 Å². The number of amides is 1. The van der Waals surface area contributed by atoms with Gasteiger partial charge in [0.2, 0.25) is 5.91 Å². The molecule has 1 amide bonds. The molecule has 1 aromatic carbocycles. The fraction of sp³-hybridized carbons (Fsp3) is 0.556. The molecule has 1 aromatic heterocycles. The van der Waals surface area contributed by atoms with Crippen LogP contribution in [0.2, 0.25) is 0 Å². The number of hydrogen-bond acceptors (Lipinski definition) is 2. The van der Waals surface area contributed by atoms with Crippen LogP contribution in [-0.2, 0) is 18.9 Å². The van der Waals surface area contributed by atoms with E-state index in [2.05, 4.69) is 5.32 Å². The summed E-state index contributed by atoms with van der Waals surface area (Å²) >= 11 is 0. The number of fused-ring (bicyclic) bond motifs is 3. The van der Waals surface area contributed by atoms with Crippen LogP contribution in [0.15, 0.2) is 23.0 Å². The zero-order chi connectivity index (χ0) is 16.1. The Morgan fingerprint density at radius 2 is 1.96 bits per heavy atom. The van der Waals surface area contributed by atoms with E-state index in [9.17, 15) is 9.59 Å². The van der Waals surface area contributed by atoms with Crippen LogP contribution >= 0.6 is 0 Å². The van der Waals surface area contributed by atoms with Gasteiger partial charge in [-0.05, 0) is 55.2 Å². The molecule has 2 bridgehead atoms. The second-order valence-electron chi connectivity index (χ2n) is 7.29. The van der Waals surface area contributed by atoms with Crippen LogP contribution in [0.5, 0.6) is 0 Å². The van der Waals surface area contributed by atoms with E-state index < -0.39 is 0 Å². The molecule has 5 heteroatoms. The highest BCUT2D eigenvalue weighted by Gasteiger charge is 2.40. The molecule has 5 nitrogen and oxygen atoms in total. The van der Waals surface area contributed by atoms with Gasteiger partial charge in [-0.1, -0.05) is 6.42 Å². The van der Waals surface area contributed by atoms with Crippen molar-refractivity contribution in [1.29, 1.82) is 0 Å². The van der Waals surface area contributed by atoms with Gasteiger partial charge in [-0.15, -0.1) is 0 Å². The number of aromatic nitrogens is 2. The summed E-state index contributed by atoms with van der Waals surface area (Å²) in [6, 6.07) is 5.65. The molecule has 0 unspecified atom stereocenters. The van der Waals surface area contributed by atoms with Crippen LogP contribution < -0.4 is 11.0 Å². The number of hydrogen-bond donors (Lipinski definition) is 1. The van der Waals surface area contributed by atoms with Crippen molar-refractivity contribution in [3.63, 3.8) is 0 Å². The van der Waals surface area contributed by atoms with Gasteiger partial charge < -0.3 is 5.32 Å². The van der Waals surface area contributed by atoms with Gasteiger partial charge >= 0.3 is 5.69 Å². The first-order valence-electron chi connectivity index (χ1n) is 8.48. The van der Waals surface area contributed by atoms with E-state index in [4.69, 9.17) is 0 Å². The monoisotopic (exact) mass is 313 g/mol. The van der Waals surface area contributed by atoms with Gasteiger partial charge in [-0.2, -0.15) is 0 Å². The van der Waals surface area contributed by atoms with Gasteiger partial charge in [0.05, 0.1) is 11.0 Å². The second kappa shape index (κ2) is 5.25. The molecule has 0 saturated heterocycles. The number of aryl methyl sites for hydroxylation is 2. The number of benzene rings is 1. The van der Waals surface area contributed by atoms with Crippen molar-refractivity contribution in [1.82, 2.24) is 9.13 Å². The second-order valence-corrected chi connectivity index (χ2v) is 7.29.